The zero-order valence-corrected chi connectivity index (χ0v) is 15.2. The van der Waals surface area contributed by atoms with Gasteiger partial charge in [-0.25, -0.2) is 0 Å². The molecule has 3 rings (SSSR count). The summed E-state index contributed by atoms with van der Waals surface area (Å²) >= 11 is 3.22. The molecule has 24 heavy (non-hydrogen) atoms. The Morgan fingerprint density at radius 1 is 1.42 bits per heavy atom. The first kappa shape index (κ1) is 17.0. The van der Waals surface area contributed by atoms with Gasteiger partial charge in [-0.15, -0.1) is 10.2 Å². The third-order valence-corrected chi connectivity index (χ3v) is 5.76. The molecule has 1 saturated heterocycles. The van der Waals surface area contributed by atoms with Crippen molar-refractivity contribution in [3.05, 3.63) is 24.3 Å². The van der Waals surface area contributed by atoms with Crippen LogP contribution >= 0.6 is 23.1 Å². The van der Waals surface area contributed by atoms with Crippen LogP contribution in [0.1, 0.15) is 19.3 Å². The first-order valence-corrected chi connectivity index (χ1v) is 9.70. The van der Waals surface area contributed by atoms with Crippen molar-refractivity contribution in [2.45, 2.75) is 23.6 Å². The Bertz CT molecular complexity index is 692. The Balaban J connectivity index is 1.44. The second-order valence-electron chi connectivity index (χ2n) is 5.42. The number of thioether (sulfide) groups is 1. The number of nitrogens with zero attached hydrogens (tertiary/aromatic N) is 3. The lowest BCUT2D eigenvalue weighted by molar-refractivity contribution is -0.127. The highest BCUT2D eigenvalue weighted by Gasteiger charge is 2.19. The summed E-state index contributed by atoms with van der Waals surface area (Å²) in [5, 5.41) is 12.4. The number of hydrogen-bond acceptors (Lipinski definition) is 7. The molecule has 1 aliphatic rings. The fourth-order valence-corrected chi connectivity index (χ4v) is 4.26. The highest BCUT2D eigenvalue weighted by molar-refractivity contribution is 8.01. The highest BCUT2D eigenvalue weighted by Crippen LogP contribution is 2.29. The number of hydrogen-bond donors (Lipinski definition) is 1. The number of amides is 1. The van der Waals surface area contributed by atoms with Gasteiger partial charge in [0.2, 0.25) is 11.0 Å². The topological polar surface area (TPSA) is 67.3 Å². The van der Waals surface area contributed by atoms with Crippen molar-refractivity contribution in [2.24, 2.45) is 0 Å². The molecular weight excluding hydrogens is 344 g/mol. The first-order valence-electron chi connectivity index (χ1n) is 7.90. The molecule has 0 radical (unpaired) electrons. The fourth-order valence-electron chi connectivity index (χ4n) is 2.50. The summed E-state index contributed by atoms with van der Waals surface area (Å²) in [7, 11) is 1.65. The lowest BCUT2D eigenvalue weighted by Gasteiger charge is -2.14. The molecule has 1 aromatic carbocycles. The molecule has 0 bridgehead atoms. The minimum absolute atomic E-state index is 0.292. The SMILES string of the molecule is COc1cccc(Nc2nnc(SCCCN3CCCC3=O)s2)c1. The van der Waals surface area contributed by atoms with Gasteiger partial charge in [0, 0.05) is 37.0 Å². The number of carbonyl (C=O) groups is 1. The molecule has 0 aliphatic carbocycles. The van der Waals surface area contributed by atoms with E-state index >= 15 is 0 Å². The molecule has 1 aromatic heterocycles. The number of likely N-dealkylation sites (tertiary alicyclic amines) is 1. The van der Waals surface area contributed by atoms with E-state index in [1.165, 1.54) is 11.3 Å². The normalized spacial score (nSPS) is 14.2. The van der Waals surface area contributed by atoms with Crippen LogP contribution in [-0.2, 0) is 4.79 Å². The van der Waals surface area contributed by atoms with Gasteiger partial charge in [-0.05, 0) is 25.0 Å². The van der Waals surface area contributed by atoms with Gasteiger partial charge >= 0.3 is 0 Å². The van der Waals surface area contributed by atoms with E-state index < -0.39 is 0 Å². The van der Waals surface area contributed by atoms with E-state index in [4.69, 9.17) is 4.74 Å². The van der Waals surface area contributed by atoms with Gasteiger partial charge in [-0.3, -0.25) is 4.79 Å². The van der Waals surface area contributed by atoms with Crippen LogP contribution in [0.2, 0.25) is 0 Å². The molecule has 1 aliphatic heterocycles. The Morgan fingerprint density at radius 2 is 2.33 bits per heavy atom. The summed E-state index contributed by atoms with van der Waals surface area (Å²) in [6.07, 6.45) is 2.69. The van der Waals surface area contributed by atoms with E-state index in [-0.39, 0.29) is 0 Å². The molecule has 0 unspecified atom stereocenters. The maximum absolute atomic E-state index is 11.5. The summed E-state index contributed by atoms with van der Waals surface area (Å²) in [4.78, 5) is 13.5. The van der Waals surface area contributed by atoms with Crippen LogP contribution in [0.25, 0.3) is 0 Å². The molecule has 2 aromatic rings. The Labute approximate surface area is 149 Å². The van der Waals surface area contributed by atoms with E-state index in [2.05, 4.69) is 15.5 Å². The van der Waals surface area contributed by atoms with Crippen LogP contribution in [0.5, 0.6) is 5.75 Å². The molecule has 6 nitrogen and oxygen atoms in total. The van der Waals surface area contributed by atoms with Gasteiger partial charge in [0.15, 0.2) is 4.34 Å². The van der Waals surface area contributed by atoms with Crippen LogP contribution in [-0.4, -0.2) is 47.0 Å². The van der Waals surface area contributed by atoms with Crippen LogP contribution in [0.15, 0.2) is 28.6 Å². The van der Waals surface area contributed by atoms with Gasteiger partial charge in [-0.2, -0.15) is 0 Å². The van der Waals surface area contributed by atoms with Gasteiger partial charge in [0.05, 0.1) is 7.11 Å². The van der Waals surface area contributed by atoms with Gasteiger partial charge in [0.1, 0.15) is 5.75 Å². The Morgan fingerprint density at radius 3 is 3.12 bits per heavy atom. The van der Waals surface area contributed by atoms with Crippen LogP contribution in [0.3, 0.4) is 0 Å². The molecule has 8 heteroatoms. The van der Waals surface area contributed by atoms with Gasteiger partial charge in [-0.1, -0.05) is 29.2 Å². The number of aromatic nitrogens is 2. The van der Waals surface area contributed by atoms with E-state index in [0.717, 1.165) is 52.6 Å². The maximum atomic E-state index is 11.5. The van der Waals surface area contributed by atoms with Gasteiger partial charge < -0.3 is 15.0 Å². The smallest absolute Gasteiger partial charge is 0.222 e. The number of benzene rings is 1. The molecule has 2 heterocycles. The largest absolute Gasteiger partial charge is 0.497 e. The van der Waals surface area contributed by atoms with Crippen molar-refractivity contribution in [3.8, 4) is 5.75 Å². The third-order valence-electron chi connectivity index (χ3n) is 3.70. The minimum atomic E-state index is 0.292. The number of rotatable bonds is 8. The zero-order chi connectivity index (χ0) is 16.8. The lowest BCUT2D eigenvalue weighted by Crippen LogP contribution is -2.25. The van der Waals surface area contributed by atoms with E-state index in [9.17, 15) is 4.79 Å². The monoisotopic (exact) mass is 364 g/mol. The highest BCUT2D eigenvalue weighted by atomic mass is 32.2. The molecule has 0 atom stereocenters. The van der Waals surface area contributed by atoms with Crippen molar-refractivity contribution >= 4 is 39.8 Å². The van der Waals surface area contributed by atoms with Crippen molar-refractivity contribution in [3.63, 3.8) is 0 Å². The van der Waals surface area contributed by atoms with Crippen LogP contribution < -0.4 is 10.1 Å². The summed E-state index contributed by atoms with van der Waals surface area (Å²) < 4.78 is 6.15. The lowest BCUT2D eigenvalue weighted by atomic mass is 10.3. The molecule has 1 fully saturated rings. The second-order valence-corrected chi connectivity index (χ2v) is 7.74. The molecule has 1 amide bonds. The first-order chi connectivity index (χ1) is 11.7. The molecule has 0 spiro atoms. The quantitative estimate of drug-likeness (QED) is 0.572. The molecule has 0 saturated carbocycles. The van der Waals surface area contributed by atoms with Crippen molar-refractivity contribution < 1.29 is 9.53 Å². The number of ether oxygens (including phenoxy) is 1. The predicted octanol–water partition coefficient (Wildman–Crippen LogP) is 3.39. The molecular formula is C16H20N4O2S2. The summed E-state index contributed by atoms with van der Waals surface area (Å²) in [6.45, 7) is 1.76. The molecule has 128 valence electrons. The maximum Gasteiger partial charge on any atom is 0.222 e. The van der Waals surface area contributed by atoms with E-state index in [1.54, 1.807) is 18.9 Å². The Hall–Kier alpha value is -1.80. The second kappa shape index (κ2) is 8.34. The van der Waals surface area contributed by atoms with Crippen molar-refractivity contribution in [1.29, 1.82) is 0 Å². The van der Waals surface area contributed by atoms with Crippen molar-refractivity contribution in [2.75, 3.05) is 31.3 Å². The summed E-state index contributed by atoms with van der Waals surface area (Å²) in [5.74, 6) is 2.04. The third kappa shape index (κ3) is 4.61. The minimum Gasteiger partial charge on any atom is -0.497 e. The van der Waals surface area contributed by atoms with Crippen LogP contribution in [0.4, 0.5) is 10.8 Å². The average Bonchev–Trinajstić information content (AvgIpc) is 3.21. The fraction of sp³-hybridized carbons (Fsp3) is 0.438. The Kier molecular flexibility index (Phi) is 5.92. The number of carbonyl (C=O) groups excluding carboxylic acids is 1. The van der Waals surface area contributed by atoms with E-state index in [0.29, 0.717) is 12.3 Å². The average molecular weight is 364 g/mol. The predicted molar refractivity (Wildman–Crippen MR) is 97.3 cm³/mol. The number of anilines is 2. The van der Waals surface area contributed by atoms with Gasteiger partial charge in [0.25, 0.3) is 0 Å². The molecule has 1 N–H and O–H groups in total. The standard InChI is InChI=1S/C16H20N4O2S2/c1-22-13-6-2-5-12(11-13)17-15-18-19-16(24-15)23-10-4-9-20-8-3-7-14(20)21/h2,5-6,11H,3-4,7-10H2,1H3,(H,17,18). The number of methoxy groups -OCH3 is 1. The summed E-state index contributed by atoms with van der Waals surface area (Å²) in [5.41, 5.74) is 0.926. The van der Waals surface area contributed by atoms with E-state index in [1.807, 2.05) is 29.2 Å². The van der Waals surface area contributed by atoms with Crippen LogP contribution in [0, 0.1) is 0 Å². The zero-order valence-electron chi connectivity index (χ0n) is 13.5. The summed E-state index contributed by atoms with van der Waals surface area (Å²) in [6, 6.07) is 7.71. The number of nitrogens with one attached hydrogen (secondary N) is 1. The van der Waals surface area contributed by atoms with Crippen molar-refractivity contribution in [1.82, 2.24) is 15.1 Å².